The zero-order chi connectivity index (χ0) is 16.8. The Kier molecular flexibility index (Phi) is 2.88. The van der Waals surface area contributed by atoms with E-state index in [1.165, 1.54) is 49.0 Å². The molecule has 0 N–H and O–H groups in total. The smallest absolute Gasteiger partial charge is 0.0828 e. The number of hydrogen-bond acceptors (Lipinski definition) is 3. The number of fused-ring (bicyclic) bond motifs is 1. The monoisotopic (exact) mass is 350 g/mol. The van der Waals surface area contributed by atoms with Crippen LogP contribution < -0.4 is 4.90 Å². The van der Waals surface area contributed by atoms with Gasteiger partial charge in [-0.2, -0.15) is 0 Å². The van der Waals surface area contributed by atoms with E-state index in [-0.39, 0.29) is 5.54 Å². The highest BCUT2D eigenvalue weighted by Crippen LogP contribution is 2.69. The molecule has 4 saturated carbocycles. The average molecular weight is 351 g/mol. The first kappa shape index (κ1) is 14.8. The Hall–Kier alpha value is -1.35. The van der Waals surface area contributed by atoms with Crippen LogP contribution in [0.15, 0.2) is 29.8 Å². The van der Waals surface area contributed by atoms with Gasteiger partial charge in [0.1, 0.15) is 0 Å². The van der Waals surface area contributed by atoms with Crippen molar-refractivity contribution >= 4 is 17.0 Å². The highest BCUT2D eigenvalue weighted by atomic mass is 32.1. The van der Waals surface area contributed by atoms with E-state index < -0.39 is 0 Å². The van der Waals surface area contributed by atoms with E-state index in [1.807, 2.05) is 11.3 Å². The molecular formula is C22H26N2S. The van der Waals surface area contributed by atoms with E-state index in [0.29, 0.717) is 6.04 Å². The predicted molar refractivity (Wildman–Crippen MR) is 103 cm³/mol. The van der Waals surface area contributed by atoms with Crippen molar-refractivity contribution in [2.75, 3.05) is 4.90 Å². The third-order valence-corrected chi connectivity index (χ3v) is 8.88. The molecule has 2 heterocycles. The molecule has 2 aromatic rings. The van der Waals surface area contributed by atoms with Gasteiger partial charge in [0, 0.05) is 5.69 Å². The highest BCUT2D eigenvalue weighted by Gasteiger charge is 2.65. The van der Waals surface area contributed by atoms with Crippen LogP contribution >= 0.6 is 11.3 Å². The van der Waals surface area contributed by atoms with Gasteiger partial charge in [-0.3, -0.25) is 0 Å². The SMILES string of the molecule is Cc1ccccc1N1C(C)c2ncsc2C12C1CC3CC(C1)CC2C3. The summed E-state index contributed by atoms with van der Waals surface area (Å²) in [5, 5.41) is 0. The van der Waals surface area contributed by atoms with Crippen LogP contribution in [0, 0.1) is 30.6 Å². The van der Waals surface area contributed by atoms with E-state index in [4.69, 9.17) is 4.98 Å². The fraction of sp³-hybridized carbons (Fsp3) is 0.591. The van der Waals surface area contributed by atoms with Crippen LogP contribution in [0.2, 0.25) is 0 Å². The lowest BCUT2D eigenvalue weighted by Crippen LogP contribution is -2.62. The van der Waals surface area contributed by atoms with Gasteiger partial charge in [0.15, 0.2) is 0 Å². The summed E-state index contributed by atoms with van der Waals surface area (Å²) in [5.74, 6) is 3.65. The topological polar surface area (TPSA) is 16.1 Å². The Labute approximate surface area is 154 Å². The maximum Gasteiger partial charge on any atom is 0.0828 e. The van der Waals surface area contributed by atoms with Gasteiger partial charge in [0.05, 0.1) is 27.7 Å². The van der Waals surface area contributed by atoms with E-state index in [9.17, 15) is 0 Å². The van der Waals surface area contributed by atoms with Crippen LogP contribution in [0.3, 0.4) is 0 Å². The summed E-state index contributed by atoms with van der Waals surface area (Å²) < 4.78 is 0. The van der Waals surface area contributed by atoms with E-state index in [1.54, 1.807) is 4.88 Å². The molecule has 1 unspecified atom stereocenters. The fourth-order valence-corrected chi connectivity index (χ4v) is 8.55. The molecule has 1 aromatic heterocycles. The Morgan fingerprint density at radius 3 is 2.40 bits per heavy atom. The third-order valence-electron chi connectivity index (χ3n) is 7.90. The molecule has 1 aliphatic heterocycles. The summed E-state index contributed by atoms with van der Waals surface area (Å²) in [6.45, 7) is 4.68. The van der Waals surface area contributed by atoms with Crippen LogP contribution in [0.4, 0.5) is 5.69 Å². The zero-order valence-electron chi connectivity index (χ0n) is 15.1. The zero-order valence-corrected chi connectivity index (χ0v) is 15.9. The van der Waals surface area contributed by atoms with Crippen molar-refractivity contribution in [2.45, 2.75) is 57.5 Å². The van der Waals surface area contributed by atoms with Gasteiger partial charge in [0.2, 0.25) is 0 Å². The fourth-order valence-electron chi connectivity index (χ4n) is 7.31. The minimum Gasteiger partial charge on any atom is -0.352 e. The Bertz CT molecular complexity index is 810. The van der Waals surface area contributed by atoms with Crippen LogP contribution in [-0.2, 0) is 5.54 Å². The van der Waals surface area contributed by atoms with Gasteiger partial charge >= 0.3 is 0 Å². The number of thiazole rings is 1. The van der Waals surface area contributed by atoms with Crippen LogP contribution in [0.1, 0.15) is 61.2 Å². The Morgan fingerprint density at radius 1 is 1.04 bits per heavy atom. The van der Waals surface area contributed by atoms with Crippen LogP contribution in [-0.4, -0.2) is 4.98 Å². The molecule has 4 bridgehead atoms. The Balaban J connectivity index is 1.61. The van der Waals surface area contributed by atoms with Crippen molar-refractivity contribution in [3.63, 3.8) is 0 Å². The maximum atomic E-state index is 4.87. The summed E-state index contributed by atoms with van der Waals surface area (Å²) in [5.41, 5.74) is 6.59. The first-order valence-corrected chi connectivity index (χ1v) is 10.9. The van der Waals surface area contributed by atoms with Crippen molar-refractivity contribution in [1.29, 1.82) is 0 Å². The van der Waals surface area contributed by atoms with E-state index >= 15 is 0 Å². The molecule has 4 fully saturated rings. The number of rotatable bonds is 1. The van der Waals surface area contributed by atoms with E-state index in [2.05, 4.69) is 48.5 Å². The molecular weight excluding hydrogens is 324 g/mol. The Morgan fingerprint density at radius 2 is 1.72 bits per heavy atom. The predicted octanol–water partition coefficient (Wildman–Crippen LogP) is 5.68. The van der Waals surface area contributed by atoms with Gasteiger partial charge in [0.25, 0.3) is 0 Å². The number of para-hydroxylation sites is 1. The highest BCUT2D eigenvalue weighted by molar-refractivity contribution is 7.10. The first-order valence-electron chi connectivity index (χ1n) is 9.98. The van der Waals surface area contributed by atoms with Crippen molar-refractivity contribution in [2.24, 2.45) is 23.7 Å². The second-order valence-electron chi connectivity index (χ2n) is 9.03. The molecule has 4 aliphatic carbocycles. The summed E-state index contributed by atoms with van der Waals surface area (Å²) >= 11 is 1.95. The summed E-state index contributed by atoms with van der Waals surface area (Å²) in [4.78, 5) is 9.33. The molecule has 0 radical (unpaired) electrons. The number of nitrogens with zero attached hydrogens (tertiary/aromatic N) is 2. The van der Waals surface area contributed by atoms with Crippen molar-refractivity contribution in [3.05, 3.63) is 45.9 Å². The normalized spacial score (nSPS) is 40.9. The van der Waals surface area contributed by atoms with Crippen molar-refractivity contribution in [3.8, 4) is 0 Å². The largest absolute Gasteiger partial charge is 0.352 e. The molecule has 7 rings (SSSR count). The molecule has 0 saturated heterocycles. The second kappa shape index (κ2) is 4.88. The van der Waals surface area contributed by atoms with Crippen LogP contribution in [0.25, 0.3) is 0 Å². The average Bonchev–Trinajstić information content (AvgIpc) is 3.15. The summed E-state index contributed by atoms with van der Waals surface area (Å²) in [7, 11) is 0. The number of aromatic nitrogens is 1. The van der Waals surface area contributed by atoms with Gasteiger partial charge in [-0.25, -0.2) is 4.98 Å². The lowest BCUT2D eigenvalue weighted by atomic mass is 9.48. The van der Waals surface area contributed by atoms with Crippen molar-refractivity contribution < 1.29 is 0 Å². The third kappa shape index (κ3) is 1.69. The molecule has 0 amide bonds. The van der Waals surface area contributed by atoms with Crippen molar-refractivity contribution in [1.82, 2.24) is 4.98 Å². The second-order valence-corrected chi connectivity index (χ2v) is 9.88. The standard InChI is InChI=1S/C22H26N2S/c1-13-5-3-4-6-19(13)24-14(2)20-21(25-12-23-20)22(24)17-8-15-7-16(10-17)11-18(22)9-15/h3-6,12,14-18H,7-11H2,1-2H3. The lowest BCUT2D eigenvalue weighted by molar-refractivity contribution is -0.0588. The lowest BCUT2D eigenvalue weighted by Gasteiger charge is -2.63. The number of hydrogen-bond donors (Lipinski definition) is 0. The van der Waals surface area contributed by atoms with Gasteiger partial charge in [-0.05, 0) is 81.3 Å². The van der Waals surface area contributed by atoms with E-state index in [0.717, 1.165) is 23.7 Å². The summed E-state index contributed by atoms with van der Waals surface area (Å²) in [6, 6.07) is 9.44. The summed E-state index contributed by atoms with van der Waals surface area (Å²) in [6.07, 6.45) is 7.29. The molecule has 1 aromatic carbocycles. The molecule has 5 aliphatic rings. The number of aryl methyl sites for hydroxylation is 1. The number of benzene rings is 1. The molecule has 2 nitrogen and oxygen atoms in total. The van der Waals surface area contributed by atoms with Gasteiger partial charge in [-0.1, -0.05) is 18.2 Å². The van der Waals surface area contributed by atoms with Gasteiger partial charge < -0.3 is 4.90 Å². The molecule has 130 valence electrons. The number of anilines is 1. The first-order chi connectivity index (χ1) is 12.2. The molecule has 25 heavy (non-hydrogen) atoms. The maximum absolute atomic E-state index is 4.87. The van der Waals surface area contributed by atoms with Crippen LogP contribution in [0.5, 0.6) is 0 Å². The van der Waals surface area contributed by atoms with Gasteiger partial charge in [-0.15, -0.1) is 11.3 Å². The minimum atomic E-state index is 0.232. The quantitative estimate of drug-likeness (QED) is 0.657. The molecule has 3 heteroatoms. The minimum absolute atomic E-state index is 0.232. The molecule has 1 atom stereocenters. The molecule has 1 spiro atoms.